The van der Waals surface area contributed by atoms with E-state index in [1.165, 1.54) is 6.26 Å². The summed E-state index contributed by atoms with van der Waals surface area (Å²) in [6, 6.07) is 9.26. The van der Waals surface area contributed by atoms with Gasteiger partial charge in [0, 0.05) is 19.5 Å². The number of rotatable bonds is 8. The number of carbonyl (C=O) groups excluding carboxylic acids is 1. The maximum atomic E-state index is 12.5. The van der Waals surface area contributed by atoms with Crippen LogP contribution in [0.2, 0.25) is 0 Å². The van der Waals surface area contributed by atoms with Gasteiger partial charge in [0.05, 0.1) is 17.9 Å². The van der Waals surface area contributed by atoms with Crippen molar-refractivity contribution in [3.05, 3.63) is 47.0 Å². The fourth-order valence-electron chi connectivity index (χ4n) is 3.95. The second-order valence-corrected chi connectivity index (χ2v) is 10.2. The summed E-state index contributed by atoms with van der Waals surface area (Å²) in [5, 5.41) is 11.8. The summed E-state index contributed by atoms with van der Waals surface area (Å²) in [5.74, 6) is 1.03. The second kappa shape index (κ2) is 10.0. The maximum Gasteiger partial charge on any atom is 0.220 e. The molecule has 1 aromatic rings. The van der Waals surface area contributed by atoms with Crippen LogP contribution in [0.1, 0.15) is 44.7 Å². The van der Waals surface area contributed by atoms with Gasteiger partial charge in [0.2, 0.25) is 15.9 Å². The second-order valence-electron chi connectivity index (χ2n) is 8.33. The number of nitriles is 1. The Morgan fingerprint density at radius 2 is 1.93 bits per heavy atom. The zero-order chi connectivity index (χ0) is 21.6. The number of nitrogens with zero attached hydrogens (tertiary/aromatic N) is 1. The molecule has 6 nitrogen and oxygen atoms in total. The lowest BCUT2D eigenvalue weighted by molar-refractivity contribution is -0.122. The average Bonchev–Trinajstić information content (AvgIpc) is 2.66. The topological polar surface area (TPSA) is 99.1 Å². The summed E-state index contributed by atoms with van der Waals surface area (Å²) in [7, 11) is -3.22. The summed E-state index contributed by atoms with van der Waals surface area (Å²) in [4.78, 5) is 12.5. The fourth-order valence-corrected chi connectivity index (χ4v) is 4.44. The summed E-state index contributed by atoms with van der Waals surface area (Å²) >= 11 is 0. The molecule has 0 unspecified atom stereocenters. The van der Waals surface area contributed by atoms with Crippen LogP contribution >= 0.6 is 0 Å². The van der Waals surface area contributed by atoms with Crippen LogP contribution in [0.3, 0.4) is 0 Å². The van der Waals surface area contributed by atoms with Gasteiger partial charge in [-0.2, -0.15) is 5.26 Å². The highest BCUT2D eigenvalue weighted by molar-refractivity contribution is 7.88. The molecule has 0 bridgehead atoms. The quantitative estimate of drug-likeness (QED) is 0.635. The van der Waals surface area contributed by atoms with Crippen LogP contribution in [-0.4, -0.2) is 27.1 Å². The zero-order valence-corrected chi connectivity index (χ0v) is 18.4. The van der Waals surface area contributed by atoms with Crippen molar-refractivity contribution in [3.63, 3.8) is 0 Å². The number of hydrogen-bond acceptors (Lipinski definition) is 4. The first kappa shape index (κ1) is 23.1. The number of amides is 1. The molecule has 0 spiro atoms. The van der Waals surface area contributed by atoms with Crippen LogP contribution in [0.25, 0.3) is 0 Å². The molecule has 158 valence electrons. The number of hydrogen-bond donors (Lipinski definition) is 2. The van der Waals surface area contributed by atoms with Crippen molar-refractivity contribution in [2.24, 2.45) is 23.7 Å². The number of nitrogens with one attached hydrogen (secondary N) is 2. The minimum Gasteiger partial charge on any atom is -0.352 e. The molecule has 3 atom stereocenters. The van der Waals surface area contributed by atoms with Gasteiger partial charge in [-0.25, -0.2) is 13.1 Å². The summed E-state index contributed by atoms with van der Waals surface area (Å²) in [6.45, 7) is 7.16. The summed E-state index contributed by atoms with van der Waals surface area (Å²) in [5.41, 5.74) is 2.71. The molecule has 0 saturated heterocycles. The van der Waals surface area contributed by atoms with E-state index < -0.39 is 10.0 Å². The molecule has 2 N–H and O–H groups in total. The molecule has 29 heavy (non-hydrogen) atoms. The summed E-state index contributed by atoms with van der Waals surface area (Å²) < 4.78 is 25.6. The molecule has 0 heterocycles. The Morgan fingerprint density at radius 3 is 2.48 bits per heavy atom. The van der Waals surface area contributed by atoms with Crippen molar-refractivity contribution in [1.82, 2.24) is 10.0 Å². The zero-order valence-electron chi connectivity index (χ0n) is 17.6. The first-order chi connectivity index (χ1) is 13.6. The van der Waals surface area contributed by atoms with Crippen molar-refractivity contribution >= 4 is 15.9 Å². The number of carbonyl (C=O) groups is 1. The Morgan fingerprint density at radius 1 is 1.28 bits per heavy atom. The van der Waals surface area contributed by atoms with E-state index in [0.717, 1.165) is 17.6 Å². The monoisotopic (exact) mass is 417 g/mol. The Labute approximate surface area is 174 Å². The van der Waals surface area contributed by atoms with Gasteiger partial charge in [0.1, 0.15) is 0 Å². The first-order valence-electron chi connectivity index (χ1n) is 9.97. The van der Waals surface area contributed by atoms with Gasteiger partial charge in [-0.3, -0.25) is 4.79 Å². The van der Waals surface area contributed by atoms with Crippen molar-refractivity contribution in [3.8, 4) is 6.07 Å². The van der Waals surface area contributed by atoms with E-state index in [9.17, 15) is 13.2 Å². The molecule has 0 radical (unpaired) electrons. The van der Waals surface area contributed by atoms with Gasteiger partial charge in [0.15, 0.2) is 0 Å². The third-order valence-corrected chi connectivity index (χ3v) is 6.36. The maximum absolute atomic E-state index is 12.5. The van der Waals surface area contributed by atoms with E-state index in [-0.39, 0.29) is 17.7 Å². The van der Waals surface area contributed by atoms with Gasteiger partial charge < -0.3 is 5.32 Å². The lowest BCUT2D eigenvalue weighted by Crippen LogP contribution is -2.37. The Balaban J connectivity index is 1.96. The van der Waals surface area contributed by atoms with Crippen LogP contribution in [0.5, 0.6) is 0 Å². The molecule has 7 heteroatoms. The van der Waals surface area contributed by atoms with E-state index >= 15 is 0 Å². The average molecular weight is 418 g/mol. The van der Waals surface area contributed by atoms with E-state index in [1.54, 1.807) is 12.1 Å². The van der Waals surface area contributed by atoms with Crippen LogP contribution < -0.4 is 10.0 Å². The predicted octanol–water partition coefficient (Wildman–Crippen LogP) is 2.97. The molecule has 0 aliphatic heterocycles. The van der Waals surface area contributed by atoms with E-state index in [0.29, 0.717) is 36.9 Å². The third kappa shape index (κ3) is 7.30. The number of sulfonamides is 1. The van der Waals surface area contributed by atoms with Gasteiger partial charge >= 0.3 is 0 Å². The molecule has 1 amide bonds. The number of benzene rings is 1. The van der Waals surface area contributed by atoms with E-state index in [1.807, 2.05) is 19.1 Å². The highest BCUT2D eigenvalue weighted by Crippen LogP contribution is 2.38. The highest BCUT2D eigenvalue weighted by Gasteiger charge is 2.32. The van der Waals surface area contributed by atoms with E-state index in [4.69, 9.17) is 5.26 Å². The van der Waals surface area contributed by atoms with Crippen LogP contribution in [0.15, 0.2) is 35.9 Å². The third-order valence-electron chi connectivity index (χ3n) is 5.67. The predicted molar refractivity (Wildman–Crippen MR) is 114 cm³/mol. The largest absolute Gasteiger partial charge is 0.352 e. The minimum atomic E-state index is -3.22. The smallest absolute Gasteiger partial charge is 0.220 e. The standard InChI is InChI=1S/C22H31N3O3S/c1-15(2)21-10-19(16(3)9-20(21)14-25-29(4,27)28)11-22(26)24-13-18-7-5-17(12-23)6-8-18/h5-9,15,19-21,25H,10-11,13-14H2,1-4H3,(H,24,26)/t19-,20-,21-/m0/s1. The van der Waals surface area contributed by atoms with Crippen LogP contribution in [0, 0.1) is 35.0 Å². The van der Waals surface area contributed by atoms with E-state index in [2.05, 4.69) is 36.0 Å². The van der Waals surface area contributed by atoms with Crippen molar-refractivity contribution in [2.45, 2.75) is 40.2 Å². The molecule has 0 saturated carbocycles. The van der Waals surface area contributed by atoms with Gasteiger partial charge in [0.25, 0.3) is 0 Å². The molecular formula is C22H31N3O3S. The fraction of sp³-hybridized carbons (Fsp3) is 0.545. The van der Waals surface area contributed by atoms with Gasteiger partial charge in [-0.1, -0.05) is 37.6 Å². The molecule has 1 aromatic carbocycles. The molecule has 2 rings (SSSR count). The van der Waals surface area contributed by atoms with Crippen LogP contribution in [0.4, 0.5) is 0 Å². The lowest BCUT2D eigenvalue weighted by Gasteiger charge is -2.37. The first-order valence-corrected chi connectivity index (χ1v) is 11.9. The molecule has 1 aliphatic rings. The highest BCUT2D eigenvalue weighted by atomic mass is 32.2. The van der Waals surface area contributed by atoms with Crippen LogP contribution in [-0.2, 0) is 21.4 Å². The normalized spacial score (nSPS) is 22.1. The Bertz CT molecular complexity index is 883. The van der Waals surface area contributed by atoms with Crippen molar-refractivity contribution in [2.75, 3.05) is 12.8 Å². The molecular weight excluding hydrogens is 386 g/mol. The summed E-state index contributed by atoms with van der Waals surface area (Å²) in [6.07, 6.45) is 4.62. The molecule has 0 fully saturated rings. The Hall–Kier alpha value is -2.17. The Kier molecular flexibility index (Phi) is 8.00. The van der Waals surface area contributed by atoms with Gasteiger partial charge in [-0.05, 0) is 54.7 Å². The molecule has 0 aromatic heterocycles. The SMILES string of the molecule is CC1=C[C@@H](CNS(C)(=O)=O)[C@H](C(C)C)C[C@H]1CC(=O)NCc1ccc(C#N)cc1. The van der Waals surface area contributed by atoms with Crippen molar-refractivity contribution in [1.29, 1.82) is 5.26 Å². The molecule has 1 aliphatic carbocycles. The lowest BCUT2D eigenvalue weighted by atomic mass is 9.70. The van der Waals surface area contributed by atoms with Gasteiger partial charge in [-0.15, -0.1) is 0 Å². The minimum absolute atomic E-state index is 0.00215. The van der Waals surface area contributed by atoms with Crippen molar-refractivity contribution < 1.29 is 13.2 Å². The number of allylic oxidation sites excluding steroid dienone is 1.